The predicted octanol–water partition coefficient (Wildman–Crippen LogP) is 1.40. The van der Waals surface area contributed by atoms with Gasteiger partial charge in [-0.05, 0) is 51.8 Å². The Labute approximate surface area is 109 Å². The molecule has 102 valence electrons. The predicted molar refractivity (Wildman–Crippen MR) is 72.6 cm³/mol. The van der Waals surface area contributed by atoms with Crippen LogP contribution in [0.5, 0.6) is 0 Å². The second-order valence-corrected chi connectivity index (χ2v) is 5.34. The number of rotatable bonds is 5. The van der Waals surface area contributed by atoms with Crippen LogP contribution in [0, 0.1) is 20.8 Å². The number of hydrogen-bond donors (Lipinski definition) is 3. The first-order valence-electron chi connectivity index (χ1n) is 6.28. The highest BCUT2D eigenvalue weighted by atomic mass is 16.3. The Bertz CT molecular complexity index is 393. The van der Waals surface area contributed by atoms with Crippen molar-refractivity contribution in [2.24, 2.45) is 0 Å². The monoisotopic (exact) mass is 252 g/mol. The van der Waals surface area contributed by atoms with E-state index in [1.807, 2.05) is 20.8 Å². The average molecular weight is 252 g/mol. The lowest BCUT2D eigenvalue weighted by molar-refractivity contribution is 0.00102. The summed E-state index contributed by atoms with van der Waals surface area (Å²) in [5.74, 6) is 0. The molecule has 1 rings (SSSR count). The quantitative estimate of drug-likeness (QED) is 0.741. The van der Waals surface area contributed by atoms with E-state index in [1.54, 1.807) is 6.92 Å². The molecule has 4 nitrogen and oxygen atoms in total. The normalized spacial score (nSPS) is 16.4. The van der Waals surface area contributed by atoms with Gasteiger partial charge in [-0.15, -0.1) is 0 Å². The number of nitrogens with zero attached hydrogens (tertiary/aromatic N) is 1. The lowest BCUT2D eigenvalue weighted by Gasteiger charge is -2.25. The fourth-order valence-electron chi connectivity index (χ4n) is 2.22. The highest BCUT2D eigenvalue weighted by molar-refractivity contribution is 5.33. The largest absolute Gasteiger partial charge is 0.393 e. The molecule has 0 aliphatic rings. The molecular weight excluding hydrogens is 228 g/mol. The molecule has 0 fully saturated rings. The van der Waals surface area contributed by atoms with Gasteiger partial charge >= 0.3 is 0 Å². The molecule has 1 aromatic rings. The van der Waals surface area contributed by atoms with Crippen LogP contribution in [0.4, 0.5) is 0 Å². The van der Waals surface area contributed by atoms with Gasteiger partial charge in [0.25, 0.3) is 0 Å². The number of aliphatic hydroxyl groups excluding tert-OH is 1. The first-order valence-corrected chi connectivity index (χ1v) is 6.28. The van der Waals surface area contributed by atoms with Gasteiger partial charge in [0.05, 0.1) is 12.2 Å². The standard InChI is InChI=1S/C14H24N2O2/c1-9-6-10(2)16-12(4)13(9)11(3)15-7-14(5,18)8-17/h6,11,15,17-18H,7-8H2,1-5H3. The second kappa shape index (κ2) is 5.78. The lowest BCUT2D eigenvalue weighted by atomic mass is 9.99. The van der Waals surface area contributed by atoms with E-state index in [2.05, 4.69) is 23.3 Å². The third-order valence-electron chi connectivity index (χ3n) is 3.15. The van der Waals surface area contributed by atoms with Gasteiger partial charge in [0, 0.05) is 24.0 Å². The van der Waals surface area contributed by atoms with Crippen molar-refractivity contribution < 1.29 is 10.2 Å². The summed E-state index contributed by atoms with van der Waals surface area (Å²) in [5, 5.41) is 22.0. The second-order valence-electron chi connectivity index (χ2n) is 5.34. The van der Waals surface area contributed by atoms with Crippen molar-refractivity contribution in [3.05, 3.63) is 28.6 Å². The minimum atomic E-state index is -1.09. The summed E-state index contributed by atoms with van der Waals surface area (Å²) in [6.07, 6.45) is 0. The molecular formula is C14H24N2O2. The van der Waals surface area contributed by atoms with Gasteiger partial charge in [-0.25, -0.2) is 0 Å². The van der Waals surface area contributed by atoms with E-state index in [-0.39, 0.29) is 12.6 Å². The topological polar surface area (TPSA) is 65.4 Å². The van der Waals surface area contributed by atoms with Crippen LogP contribution in [0.15, 0.2) is 6.07 Å². The van der Waals surface area contributed by atoms with Crippen molar-refractivity contribution >= 4 is 0 Å². The Hall–Kier alpha value is -0.970. The van der Waals surface area contributed by atoms with E-state index in [4.69, 9.17) is 5.11 Å². The summed E-state index contributed by atoms with van der Waals surface area (Å²) >= 11 is 0. The molecule has 3 N–H and O–H groups in total. The molecule has 0 aliphatic heterocycles. The van der Waals surface area contributed by atoms with Crippen LogP contribution in [0.2, 0.25) is 0 Å². The van der Waals surface area contributed by atoms with Crippen molar-refractivity contribution in [3.8, 4) is 0 Å². The molecule has 0 radical (unpaired) electrons. The van der Waals surface area contributed by atoms with Crippen LogP contribution < -0.4 is 5.32 Å². The SMILES string of the molecule is Cc1cc(C)c(C(C)NCC(C)(O)CO)c(C)n1. The molecule has 0 saturated heterocycles. The van der Waals surface area contributed by atoms with Gasteiger partial charge in [-0.1, -0.05) is 0 Å². The first-order chi connectivity index (χ1) is 8.26. The highest BCUT2D eigenvalue weighted by Crippen LogP contribution is 2.21. The van der Waals surface area contributed by atoms with Crippen molar-refractivity contribution in [2.75, 3.05) is 13.2 Å². The third-order valence-corrected chi connectivity index (χ3v) is 3.15. The van der Waals surface area contributed by atoms with Crippen LogP contribution in [-0.2, 0) is 0 Å². The van der Waals surface area contributed by atoms with Gasteiger partial charge in [0.1, 0.15) is 0 Å². The summed E-state index contributed by atoms with van der Waals surface area (Å²) in [7, 11) is 0. The summed E-state index contributed by atoms with van der Waals surface area (Å²) < 4.78 is 0. The zero-order chi connectivity index (χ0) is 13.9. The highest BCUT2D eigenvalue weighted by Gasteiger charge is 2.21. The van der Waals surface area contributed by atoms with Crippen LogP contribution in [0.1, 0.15) is 42.4 Å². The summed E-state index contributed by atoms with van der Waals surface area (Å²) in [5.41, 5.74) is 3.30. The molecule has 0 bridgehead atoms. The Morgan fingerprint density at radius 2 is 2.00 bits per heavy atom. The Morgan fingerprint density at radius 1 is 1.39 bits per heavy atom. The molecule has 0 aliphatic carbocycles. The average Bonchev–Trinajstić information content (AvgIpc) is 2.25. The smallest absolute Gasteiger partial charge is 0.0973 e. The zero-order valence-electron chi connectivity index (χ0n) is 11.9. The molecule has 0 amide bonds. The molecule has 2 atom stereocenters. The van der Waals surface area contributed by atoms with Crippen LogP contribution in [-0.4, -0.2) is 33.9 Å². The maximum atomic E-state index is 9.77. The van der Waals surface area contributed by atoms with Gasteiger partial charge in [0.15, 0.2) is 0 Å². The lowest BCUT2D eigenvalue weighted by Crippen LogP contribution is -2.42. The summed E-state index contributed by atoms with van der Waals surface area (Å²) in [6.45, 7) is 9.80. The van der Waals surface area contributed by atoms with E-state index >= 15 is 0 Å². The van der Waals surface area contributed by atoms with E-state index in [1.165, 1.54) is 5.56 Å². The molecule has 0 spiro atoms. The number of aryl methyl sites for hydroxylation is 3. The minimum Gasteiger partial charge on any atom is -0.393 e. The van der Waals surface area contributed by atoms with E-state index < -0.39 is 5.60 Å². The molecule has 1 heterocycles. The van der Waals surface area contributed by atoms with Crippen molar-refractivity contribution in [2.45, 2.75) is 46.3 Å². The summed E-state index contributed by atoms with van der Waals surface area (Å²) in [6, 6.07) is 2.15. The molecule has 2 unspecified atom stereocenters. The van der Waals surface area contributed by atoms with E-state index in [0.717, 1.165) is 17.0 Å². The van der Waals surface area contributed by atoms with Gasteiger partial charge in [-0.2, -0.15) is 0 Å². The minimum absolute atomic E-state index is 0.0936. The van der Waals surface area contributed by atoms with E-state index in [9.17, 15) is 5.11 Å². The van der Waals surface area contributed by atoms with Crippen molar-refractivity contribution in [1.29, 1.82) is 0 Å². The first kappa shape index (κ1) is 15.1. The molecule has 18 heavy (non-hydrogen) atoms. The number of nitrogens with one attached hydrogen (secondary N) is 1. The van der Waals surface area contributed by atoms with Crippen LogP contribution in [0.3, 0.4) is 0 Å². The molecule has 0 saturated carbocycles. The number of hydrogen-bond acceptors (Lipinski definition) is 4. The van der Waals surface area contributed by atoms with Crippen molar-refractivity contribution in [3.63, 3.8) is 0 Å². The maximum absolute atomic E-state index is 9.77. The molecule has 4 heteroatoms. The Kier molecular flexibility index (Phi) is 4.85. The number of pyridine rings is 1. The van der Waals surface area contributed by atoms with Gasteiger partial charge < -0.3 is 15.5 Å². The Morgan fingerprint density at radius 3 is 2.50 bits per heavy atom. The maximum Gasteiger partial charge on any atom is 0.0973 e. The van der Waals surface area contributed by atoms with E-state index in [0.29, 0.717) is 6.54 Å². The summed E-state index contributed by atoms with van der Waals surface area (Å²) in [4.78, 5) is 4.47. The van der Waals surface area contributed by atoms with Gasteiger partial charge in [-0.3, -0.25) is 4.98 Å². The van der Waals surface area contributed by atoms with Gasteiger partial charge in [0.2, 0.25) is 0 Å². The number of aromatic nitrogens is 1. The Balaban J connectivity index is 2.82. The zero-order valence-corrected chi connectivity index (χ0v) is 11.9. The van der Waals surface area contributed by atoms with Crippen molar-refractivity contribution in [1.82, 2.24) is 10.3 Å². The van der Waals surface area contributed by atoms with Crippen LogP contribution in [0.25, 0.3) is 0 Å². The number of aliphatic hydroxyl groups is 2. The third kappa shape index (κ3) is 3.77. The fourth-order valence-corrected chi connectivity index (χ4v) is 2.22. The molecule has 1 aromatic heterocycles. The van der Waals surface area contributed by atoms with Crippen LogP contribution >= 0.6 is 0 Å². The fraction of sp³-hybridized carbons (Fsp3) is 0.643. The molecule has 0 aromatic carbocycles.